The Kier molecular flexibility index (Phi) is 6.00. The number of rotatable bonds is 7. The van der Waals surface area contributed by atoms with E-state index in [-0.39, 0.29) is 28.3 Å². The van der Waals surface area contributed by atoms with Crippen LogP contribution in [0.5, 0.6) is 0 Å². The second kappa shape index (κ2) is 7.78. The van der Waals surface area contributed by atoms with Crippen molar-refractivity contribution >= 4 is 44.7 Å². The van der Waals surface area contributed by atoms with Gasteiger partial charge < -0.3 is 10.4 Å². The number of hydrogen-bond acceptors (Lipinski definition) is 6. The molecule has 23 heavy (non-hydrogen) atoms. The van der Waals surface area contributed by atoms with Crippen molar-refractivity contribution in [3.05, 3.63) is 41.6 Å². The monoisotopic (exact) mass is 376 g/mol. The minimum Gasteiger partial charge on any atom is -0.390 e. The number of sulfonamides is 1. The molecule has 0 saturated carbocycles. The van der Waals surface area contributed by atoms with Gasteiger partial charge in [0.2, 0.25) is 0 Å². The summed E-state index contributed by atoms with van der Waals surface area (Å²) in [7, 11) is -3.77. The number of anilines is 2. The maximum atomic E-state index is 12.2. The number of aliphatic hydroxyl groups excluding tert-OH is 1. The molecule has 2 aromatic rings. The highest BCUT2D eigenvalue weighted by atomic mass is 35.5. The molecular formula is C13H14Cl2N4O3S. The van der Waals surface area contributed by atoms with Crippen LogP contribution in [-0.4, -0.2) is 42.3 Å². The first-order valence-corrected chi connectivity index (χ1v) is 8.90. The first kappa shape index (κ1) is 17.7. The molecule has 3 N–H and O–H groups in total. The van der Waals surface area contributed by atoms with Gasteiger partial charge in [-0.05, 0) is 36.4 Å². The Labute approximate surface area is 143 Å². The van der Waals surface area contributed by atoms with E-state index in [0.717, 1.165) is 0 Å². The van der Waals surface area contributed by atoms with E-state index in [9.17, 15) is 13.5 Å². The smallest absolute Gasteiger partial charge is 0.263 e. The number of benzene rings is 1. The molecule has 1 heterocycles. The maximum absolute atomic E-state index is 12.2. The second-order valence-corrected chi connectivity index (χ2v) is 6.94. The predicted octanol–water partition coefficient (Wildman–Crippen LogP) is 1.94. The molecule has 7 nitrogen and oxygen atoms in total. The lowest BCUT2D eigenvalue weighted by atomic mass is 10.3. The molecule has 1 aromatic carbocycles. The summed E-state index contributed by atoms with van der Waals surface area (Å²) in [6, 6.07) is 8.88. The van der Waals surface area contributed by atoms with Crippen LogP contribution in [0.25, 0.3) is 0 Å². The van der Waals surface area contributed by atoms with Crippen LogP contribution in [0.2, 0.25) is 5.15 Å². The van der Waals surface area contributed by atoms with Gasteiger partial charge in [-0.1, -0.05) is 11.6 Å². The highest BCUT2D eigenvalue weighted by Crippen LogP contribution is 2.17. The summed E-state index contributed by atoms with van der Waals surface area (Å²) in [5, 5.41) is 19.7. The molecule has 0 bridgehead atoms. The Balaban J connectivity index is 2.06. The SMILES string of the molecule is O=S(=O)(Nc1ccc(Cl)nn1)c1ccc(NCC(O)CCl)cc1. The molecule has 0 amide bonds. The van der Waals surface area contributed by atoms with Gasteiger partial charge in [0, 0.05) is 12.2 Å². The molecule has 10 heteroatoms. The van der Waals surface area contributed by atoms with Gasteiger partial charge in [-0.3, -0.25) is 4.72 Å². The van der Waals surface area contributed by atoms with Crippen LogP contribution in [0.3, 0.4) is 0 Å². The van der Waals surface area contributed by atoms with Crippen molar-refractivity contribution in [1.82, 2.24) is 10.2 Å². The largest absolute Gasteiger partial charge is 0.390 e. The Morgan fingerprint density at radius 3 is 2.39 bits per heavy atom. The van der Waals surface area contributed by atoms with Crippen LogP contribution in [0, 0.1) is 0 Å². The molecule has 1 aromatic heterocycles. The summed E-state index contributed by atoms with van der Waals surface area (Å²) in [5.41, 5.74) is 0.666. The van der Waals surface area contributed by atoms with Crippen molar-refractivity contribution < 1.29 is 13.5 Å². The van der Waals surface area contributed by atoms with Crippen LogP contribution in [0.1, 0.15) is 0 Å². The van der Waals surface area contributed by atoms with E-state index < -0.39 is 16.1 Å². The Hall–Kier alpha value is -1.61. The highest BCUT2D eigenvalue weighted by Gasteiger charge is 2.15. The Morgan fingerprint density at radius 1 is 1.13 bits per heavy atom. The fourth-order valence-electron chi connectivity index (χ4n) is 1.61. The van der Waals surface area contributed by atoms with Gasteiger partial charge in [-0.2, -0.15) is 0 Å². The number of nitrogens with zero attached hydrogens (tertiary/aromatic N) is 2. The van der Waals surface area contributed by atoms with Crippen molar-refractivity contribution in [2.45, 2.75) is 11.0 Å². The molecule has 0 spiro atoms. The van der Waals surface area contributed by atoms with Crippen molar-refractivity contribution in [3.8, 4) is 0 Å². The van der Waals surface area contributed by atoms with E-state index in [1.54, 1.807) is 12.1 Å². The predicted molar refractivity (Wildman–Crippen MR) is 89.5 cm³/mol. The van der Waals surface area contributed by atoms with Crippen LogP contribution in [0.15, 0.2) is 41.3 Å². The van der Waals surface area contributed by atoms with E-state index in [1.165, 1.54) is 24.3 Å². The zero-order chi connectivity index (χ0) is 16.9. The van der Waals surface area contributed by atoms with Crippen LogP contribution < -0.4 is 10.0 Å². The van der Waals surface area contributed by atoms with Crippen molar-refractivity contribution in [2.75, 3.05) is 22.5 Å². The molecule has 1 atom stereocenters. The van der Waals surface area contributed by atoms with Gasteiger partial charge >= 0.3 is 0 Å². The second-order valence-electron chi connectivity index (χ2n) is 4.56. The number of nitrogens with one attached hydrogen (secondary N) is 2. The quantitative estimate of drug-likeness (QED) is 0.637. The fourth-order valence-corrected chi connectivity index (χ4v) is 2.82. The third-order valence-electron chi connectivity index (χ3n) is 2.76. The zero-order valence-electron chi connectivity index (χ0n) is 11.8. The molecule has 124 valence electrons. The number of alkyl halides is 1. The number of aromatic nitrogens is 2. The third-order valence-corrected chi connectivity index (χ3v) is 4.68. The van der Waals surface area contributed by atoms with E-state index in [2.05, 4.69) is 20.2 Å². The molecule has 2 rings (SSSR count). The lowest BCUT2D eigenvalue weighted by Crippen LogP contribution is -2.20. The molecule has 0 aliphatic carbocycles. The minimum atomic E-state index is -3.77. The fraction of sp³-hybridized carbons (Fsp3) is 0.231. The average molecular weight is 377 g/mol. The Bertz CT molecular complexity index is 739. The molecular weight excluding hydrogens is 363 g/mol. The molecule has 1 unspecified atom stereocenters. The summed E-state index contributed by atoms with van der Waals surface area (Å²) in [5.74, 6) is 0.188. The van der Waals surface area contributed by atoms with Gasteiger partial charge in [0.15, 0.2) is 11.0 Å². The molecule has 0 fully saturated rings. The maximum Gasteiger partial charge on any atom is 0.263 e. The molecule has 0 aliphatic heterocycles. The average Bonchev–Trinajstić information content (AvgIpc) is 2.55. The van der Waals surface area contributed by atoms with E-state index in [4.69, 9.17) is 23.2 Å². The number of hydrogen-bond donors (Lipinski definition) is 3. The topological polar surface area (TPSA) is 104 Å². The van der Waals surface area contributed by atoms with Crippen molar-refractivity contribution in [2.24, 2.45) is 0 Å². The zero-order valence-corrected chi connectivity index (χ0v) is 14.1. The van der Waals surface area contributed by atoms with Gasteiger partial charge in [0.1, 0.15) is 0 Å². The summed E-state index contributed by atoms with van der Waals surface area (Å²) < 4.78 is 26.7. The van der Waals surface area contributed by atoms with Gasteiger partial charge in [-0.25, -0.2) is 8.42 Å². The van der Waals surface area contributed by atoms with Crippen molar-refractivity contribution in [3.63, 3.8) is 0 Å². The summed E-state index contributed by atoms with van der Waals surface area (Å²) in [6.07, 6.45) is -0.676. The Morgan fingerprint density at radius 2 is 1.83 bits per heavy atom. The lowest BCUT2D eigenvalue weighted by Gasteiger charge is -2.11. The summed E-state index contributed by atoms with van der Waals surface area (Å²) in [6.45, 7) is 0.272. The van der Waals surface area contributed by atoms with Gasteiger partial charge in [0.05, 0.1) is 16.9 Å². The van der Waals surface area contributed by atoms with Crippen LogP contribution in [-0.2, 0) is 10.0 Å². The number of aliphatic hydroxyl groups is 1. The van der Waals surface area contributed by atoms with Gasteiger partial charge in [-0.15, -0.1) is 21.8 Å². The van der Waals surface area contributed by atoms with Crippen LogP contribution in [0.4, 0.5) is 11.5 Å². The van der Waals surface area contributed by atoms with E-state index in [0.29, 0.717) is 5.69 Å². The van der Waals surface area contributed by atoms with E-state index >= 15 is 0 Å². The molecule has 0 radical (unpaired) electrons. The first-order chi connectivity index (χ1) is 10.9. The van der Waals surface area contributed by atoms with Crippen LogP contribution >= 0.6 is 23.2 Å². The highest BCUT2D eigenvalue weighted by molar-refractivity contribution is 7.92. The van der Waals surface area contributed by atoms with Crippen molar-refractivity contribution in [1.29, 1.82) is 0 Å². The first-order valence-electron chi connectivity index (χ1n) is 6.51. The summed E-state index contributed by atoms with van der Waals surface area (Å²) in [4.78, 5) is 0.0673. The normalized spacial score (nSPS) is 12.7. The standard InChI is InChI=1S/C13H14Cl2N4O3S/c14-7-10(20)8-16-9-1-3-11(4-2-9)23(21,22)19-13-6-5-12(15)17-18-13/h1-6,10,16,20H,7-8H2,(H,18,19). The third kappa shape index (κ3) is 5.21. The lowest BCUT2D eigenvalue weighted by molar-refractivity contribution is 0.211. The summed E-state index contributed by atoms with van der Waals surface area (Å²) >= 11 is 11.1. The minimum absolute atomic E-state index is 0.0673. The van der Waals surface area contributed by atoms with E-state index in [1.807, 2.05) is 0 Å². The molecule has 0 aliphatic rings. The molecule has 0 saturated heterocycles. The van der Waals surface area contributed by atoms with Gasteiger partial charge in [0.25, 0.3) is 10.0 Å². The number of halogens is 2.